The molecule has 1 rings (SSSR count). The molecular weight excluding hydrogens is 373 g/mol. The summed E-state index contributed by atoms with van der Waals surface area (Å²) in [5.74, 6) is -0.291. The molecule has 10 heteroatoms. The summed E-state index contributed by atoms with van der Waals surface area (Å²) in [5, 5.41) is 2.68. The quantitative estimate of drug-likeness (QED) is 0.657. The van der Waals surface area contributed by atoms with Crippen molar-refractivity contribution in [1.29, 1.82) is 0 Å². The summed E-state index contributed by atoms with van der Waals surface area (Å²) in [6, 6.07) is 4.24. The van der Waals surface area contributed by atoms with Gasteiger partial charge in [-0.15, -0.1) is 12.4 Å². The summed E-state index contributed by atoms with van der Waals surface area (Å²) in [7, 11) is -3.87. The average Bonchev–Trinajstić information content (AvgIpc) is 2.37. The number of hydrogen-bond donors (Lipinski definition) is 3. The molecule has 1 aromatic rings. The monoisotopic (exact) mass is 389 g/mol. The van der Waals surface area contributed by atoms with Crippen molar-refractivity contribution >= 4 is 51.5 Å². The Kier molecular flexibility index (Phi) is 9.30. The van der Waals surface area contributed by atoms with Gasteiger partial charge in [-0.3, -0.25) is 4.79 Å². The van der Waals surface area contributed by atoms with Crippen molar-refractivity contribution in [3.63, 3.8) is 0 Å². The SMILES string of the molecule is C[C@@H](CN)NC(=O)CCNS(=O)(=O)c1c(Cl)cccc1Cl.Cl. The Labute approximate surface area is 146 Å². The van der Waals surface area contributed by atoms with Crippen LogP contribution in [0.1, 0.15) is 13.3 Å². The summed E-state index contributed by atoms with van der Waals surface area (Å²) in [4.78, 5) is 11.3. The van der Waals surface area contributed by atoms with Crippen LogP contribution in [0.4, 0.5) is 0 Å². The summed E-state index contributed by atoms with van der Waals surface area (Å²) >= 11 is 11.7. The number of rotatable bonds is 7. The van der Waals surface area contributed by atoms with Gasteiger partial charge in [0.2, 0.25) is 15.9 Å². The summed E-state index contributed by atoms with van der Waals surface area (Å²) in [5.41, 5.74) is 5.37. The maximum atomic E-state index is 12.1. The zero-order valence-electron chi connectivity index (χ0n) is 11.8. The first-order chi connectivity index (χ1) is 9.77. The van der Waals surface area contributed by atoms with Gasteiger partial charge in [0.05, 0.1) is 10.0 Å². The molecular formula is C12H18Cl3N3O3S. The molecule has 0 bridgehead atoms. The Bertz CT molecular complexity index is 591. The second-order valence-corrected chi connectivity index (χ2v) is 6.92. The Balaban J connectivity index is 0.00000441. The standard InChI is InChI=1S/C12H17Cl2N3O3S.ClH/c1-8(7-15)17-11(18)5-6-16-21(19,20)12-9(13)3-2-4-10(12)14;/h2-4,8,16H,5-7,15H2,1H3,(H,17,18);1H/t8-;/m0./s1. The van der Waals surface area contributed by atoms with Crippen molar-refractivity contribution in [1.82, 2.24) is 10.0 Å². The lowest BCUT2D eigenvalue weighted by Crippen LogP contribution is -2.39. The third kappa shape index (κ3) is 6.28. The Morgan fingerprint density at radius 1 is 1.32 bits per heavy atom. The van der Waals surface area contributed by atoms with E-state index >= 15 is 0 Å². The number of benzene rings is 1. The van der Waals surface area contributed by atoms with E-state index in [-0.39, 0.29) is 52.3 Å². The van der Waals surface area contributed by atoms with Crippen molar-refractivity contribution < 1.29 is 13.2 Å². The van der Waals surface area contributed by atoms with E-state index in [0.717, 1.165) is 0 Å². The molecule has 1 amide bonds. The van der Waals surface area contributed by atoms with Crippen LogP contribution in [0.2, 0.25) is 10.0 Å². The smallest absolute Gasteiger partial charge is 0.243 e. The molecule has 22 heavy (non-hydrogen) atoms. The van der Waals surface area contributed by atoms with Crippen molar-refractivity contribution in [2.45, 2.75) is 24.3 Å². The first-order valence-corrected chi connectivity index (χ1v) is 8.45. The first-order valence-electron chi connectivity index (χ1n) is 6.21. The molecule has 0 spiro atoms. The fourth-order valence-corrected chi connectivity index (χ4v) is 3.69. The molecule has 0 aliphatic rings. The summed E-state index contributed by atoms with van der Waals surface area (Å²) < 4.78 is 26.5. The van der Waals surface area contributed by atoms with Gasteiger partial charge in [0, 0.05) is 25.6 Å². The van der Waals surface area contributed by atoms with Crippen LogP contribution in [0.5, 0.6) is 0 Å². The maximum absolute atomic E-state index is 12.1. The zero-order valence-corrected chi connectivity index (χ0v) is 15.0. The van der Waals surface area contributed by atoms with E-state index in [1.165, 1.54) is 12.1 Å². The normalized spacial score (nSPS) is 12.4. The third-order valence-electron chi connectivity index (χ3n) is 2.59. The Morgan fingerprint density at radius 3 is 2.36 bits per heavy atom. The molecule has 6 nitrogen and oxygen atoms in total. The van der Waals surface area contributed by atoms with Crippen LogP contribution in [0, 0.1) is 0 Å². The van der Waals surface area contributed by atoms with E-state index in [4.69, 9.17) is 28.9 Å². The predicted octanol–water partition coefficient (Wildman–Crippen LogP) is 1.55. The van der Waals surface area contributed by atoms with Gasteiger partial charge in [0.15, 0.2) is 0 Å². The van der Waals surface area contributed by atoms with Gasteiger partial charge in [-0.25, -0.2) is 13.1 Å². The van der Waals surface area contributed by atoms with Crippen LogP contribution in [-0.4, -0.2) is 33.5 Å². The number of nitrogens with one attached hydrogen (secondary N) is 2. The zero-order chi connectivity index (χ0) is 16.0. The minimum atomic E-state index is -3.87. The van der Waals surface area contributed by atoms with Crippen LogP contribution in [-0.2, 0) is 14.8 Å². The van der Waals surface area contributed by atoms with Crippen molar-refractivity contribution in [3.05, 3.63) is 28.2 Å². The van der Waals surface area contributed by atoms with E-state index in [1.807, 2.05) is 0 Å². The molecule has 1 atom stereocenters. The van der Waals surface area contributed by atoms with E-state index in [2.05, 4.69) is 10.0 Å². The third-order valence-corrected chi connectivity index (χ3v) is 5.01. The minimum absolute atomic E-state index is 0. The summed E-state index contributed by atoms with van der Waals surface area (Å²) in [6.07, 6.45) is -0.00829. The van der Waals surface area contributed by atoms with Crippen LogP contribution < -0.4 is 15.8 Å². The van der Waals surface area contributed by atoms with Gasteiger partial charge < -0.3 is 11.1 Å². The largest absolute Gasteiger partial charge is 0.352 e. The van der Waals surface area contributed by atoms with Crippen molar-refractivity contribution in [3.8, 4) is 0 Å². The van der Waals surface area contributed by atoms with Crippen LogP contribution in [0.15, 0.2) is 23.1 Å². The highest BCUT2D eigenvalue weighted by Gasteiger charge is 2.21. The predicted molar refractivity (Wildman–Crippen MR) is 90.2 cm³/mol. The van der Waals surface area contributed by atoms with E-state index in [0.29, 0.717) is 6.54 Å². The minimum Gasteiger partial charge on any atom is -0.352 e. The lowest BCUT2D eigenvalue weighted by Gasteiger charge is -2.12. The van der Waals surface area contributed by atoms with Gasteiger partial charge in [-0.05, 0) is 19.1 Å². The van der Waals surface area contributed by atoms with Crippen LogP contribution in [0.25, 0.3) is 0 Å². The number of nitrogens with two attached hydrogens (primary N) is 1. The Morgan fingerprint density at radius 2 is 1.86 bits per heavy atom. The highest BCUT2D eigenvalue weighted by Crippen LogP contribution is 2.28. The van der Waals surface area contributed by atoms with Crippen LogP contribution in [0.3, 0.4) is 0 Å². The lowest BCUT2D eigenvalue weighted by atomic mass is 10.3. The fraction of sp³-hybridized carbons (Fsp3) is 0.417. The molecule has 0 radical (unpaired) electrons. The molecule has 4 N–H and O–H groups in total. The molecule has 0 fully saturated rings. The molecule has 126 valence electrons. The number of amides is 1. The number of carbonyl (C=O) groups excluding carboxylic acids is 1. The molecule has 0 aliphatic heterocycles. The molecule has 0 heterocycles. The Hall–Kier alpha value is -0.570. The van der Waals surface area contributed by atoms with Gasteiger partial charge in [0.1, 0.15) is 4.90 Å². The molecule has 0 aromatic heterocycles. The van der Waals surface area contributed by atoms with Gasteiger partial charge >= 0.3 is 0 Å². The summed E-state index contributed by atoms with van der Waals surface area (Å²) in [6.45, 7) is 2.01. The number of sulfonamides is 1. The fourth-order valence-electron chi connectivity index (χ4n) is 1.52. The van der Waals surface area contributed by atoms with Crippen LogP contribution >= 0.6 is 35.6 Å². The van der Waals surface area contributed by atoms with E-state index in [9.17, 15) is 13.2 Å². The van der Waals surface area contributed by atoms with Crippen molar-refractivity contribution in [2.75, 3.05) is 13.1 Å². The van der Waals surface area contributed by atoms with Crippen molar-refractivity contribution in [2.24, 2.45) is 5.73 Å². The molecule has 0 aliphatic carbocycles. The first kappa shape index (κ1) is 21.4. The molecule has 0 unspecified atom stereocenters. The number of carbonyl (C=O) groups is 1. The van der Waals surface area contributed by atoms with Gasteiger partial charge in [-0.1, -0.05) is 29.3 Å². The molecule has 0 saturated carbocycles. The highest BCUT2D eigenvalue weighted by atomic mass is 35.5. The van der Waals surface area contributed by atoms with Gasteiger partial charge in [0.25, 0.3) is 0 Å². The maximum Gasteiger partial charge on any atom is 0.243 e. The molecule has 0 saturated heterocycles. The topological polar surface area (TPSA) is 101 Å². The lowest BCUT2D eigenvalue weighted by molar-refractivity contribution is -0.121. The number of halogens is 3. The molecule has 1 aromatic carbocycles. The highest BCUT2D eigenvalue weighted by molar-refractivity contribution is 7.89. The van der Waals surface area contributed by atoms with Gasteiger partial charge in [-0.2, -0.15) is 0 Å². The van der Waals surface area contributed by atoms with E-state index < -0.39 is 10.0 Å². The second kappa shape index (κ2) is 9.54. The van der Waals surface area contributed by atoms with E-state index in [1.54, 1.807) is 13.0 Å². The average molecular weight is 391 g/mol. The number of hydrogen-bond acceptors (Lipinski definition) is 4. The second-order valence-electron chi connectivity index (χ2n) is 4.40.